The highest BCUT2D eigenvalue weighted by atomic mass is 35.5. The van der Waals surface area contributed by atoms with Crippen LogP contribution in [0.15, 0.2) is 0 Å². The number of rotatable bonds is 3. The van der Waals surface area contributed by atoms with Gasteiger partial charge in [-0.15, -0.1) is 12.4 Å². The van der Waals surface area contributed by atoms with Crippen LogP contribution >= 0.6 is 12.4 Å². The maximum atomic E-state index is 12.3. The van der Waals surface area contributed by atoms with Gasteiger partial charge in [0.15, 0.2) is 0 Å². The molecule has 2 saturated heterocycles. The van der Waals surface area contributed by atoms with Gasteiger partial charge in [0.2, 0.25) is 11.8 Å². The molecule has 104 valence electrons. The zero-order chi connectivity index (χ0) is 12.3. The summed E-state index contributed by atoms with van der Waals surface area (Å²) in [6, 6.07) is 0.289. The van der Waals surface area contributed by atoms with Gasteiger partial charge in [-0.1, -0.05) is 0 Å². The van der Waals surface area contributed by atoms with Crippen molar-refractivity contribution in [1.82, 2.24) is 10.2 Å². The molecular formula is C12H22ClN3O2. The lowest BCUT2D eigenvalue weighted by atomic mass is 9.96. The highest BCUT2D eigenvalue weighted by Crippen LogP contribution is 2.23. The molecule has 3 N–H and O–H groups in total. The smallest absolute Gasteiger partial charge is 0.228 e. The summed E-state index contributed by atoms with van der Waals surface area (Å²) in [7, 11) is 0. The summed E-state index contributed by atoms with van der Waals surface area (Å²) in [6.45, 7) is 1.95. The van der Waals surface area contributed by atoms with Crippen LogP contribution < -0.4 is 11.1 Å². The first kappa shape index (κ1) is 15.2. The molecule has 0 saturated carbocycles. The number of hydrogen-bond acceptors (Lipinski definition) is 3. The molecular weight excluding hydrogens is 254 g/mol. The molecule has 2 fully saturated rings. The summed E-state index contributed by atoms with van der Waals surface area (Å²) < 4.78 is 0. The van der Waals surface area contributed by atoms with Gasteiger partial charge < -0.3 is 16.0 Å². The Morgan fingerprint density at radius 2 is 2.22 bits per heavy atom. The lowest BCUT2D eigenvalue weighted by molar-refractivity contribution is -0.139. The summed E-state index contributed by atoms with van der Waals surface area (Å²) in [5.41, 5.74) is 5.59. The van der Waals surface area contributed by atoms with Crippen LogP contribution in [0.25, 0.3) is 0 Å². The van der Waals surface area contributed by atoms with Gasteiger partial charge in [-0.25, -0.2) is 0 Å². The van der Waals surface area contributed by atoms with Crippen LogP contribution in [-0.2, 0) is 9.59 Å². The Hall–Kier alpha value is -0.810. The molecule has 0 aromatic heterocycles. The van der Waals surface area contributed by atoms with Gasteiger partial charge in [-0.2, -0.15) is 0 Å². The van der Waals surface area contributed by atoms with Gasteiger partial charge in [0.25, 0.3) is 0 Å². The predicted molar refractivity (Wildman–Crippen MR) is 71.4 cm³/mol. The zero-order valence-electron chi connectivity index (χ0n) is 10.6. The number of carbonyl (C=O) groups excluding carboxylic acids is 2. The van der Waals surface area contributed by atoms with Crippen LogP contribution in [0.1, 0.15) is 32.1 Å². The summed E-state index contributed by atoms with van der Waals surface area (Å²) in [6.07, 6.45) is 4.53. The van der Waals surface area contributed by atoms with E-state index in [2.05, 4.69) is 5.32 Å². The number of piperidine rings is 1. The molecule has 2 rings (SSSR count). The maximum absolute atomic E-state index is 12.3. The van der Waals surface area contributed by atoms with E-state index in [0.29, 0.717) is 19.5 Å². The van der Waals surface area contributed by atoms with Crippen LogP contribution in [0.4, 0.5) is 0 Å². The summed E-state index contributed by atoms with van der Waals surface area (Å²) >= 11 is 0. The fourth-order valence-corrected chi connectivity index (χ4v) is 2.80. The average molecular weight is 276 g/mol. The maximum Gasteiger partial charge on any atom is 0.228 e. The number of nitrogens with one attached hydrogen (secondary N) is 1. The van der Waals surface area contributed by atoms with Gasteiger partial charge >= 0.3 is 0 Å². The van der Waals surface area contributed by atoms with Crippen molar-refractivity contribution >= 4 is 24.2 Å². The van der Waals surface area contributed by atoms with Crippen molar-refractivity contribution in [3.05, 3.63) is 0 Å². The highest BCUT2D eigenvalue weighted by Gasteiger charge is 2.34. The fourth-order valence-electron chi connectivity index (χ4n) is 2.80. The first-order valence-electron chi connectivity index (χ1n) is 6.49. The van der Waals surface area contributed by atoms with Crippen LogP contribution in [0.3, 0.4) is 0 Å². The standard InChI is InChI=1S/C12H21N3O2.ClH/c13-5-4-10-3-1-2-6-15(10)12(17)9-7-11(16)14-8-9;/h9-10H,1-8,13H2,(H,14,16);1H. The van der Waals surface area contributed by atoms with E-state index in [0.717, 1.165) is 25.8 Å². The van der Waals surface area contributed by atoms with E-state index in [1.165, 1.54) is 6.42 Å². The van der Waals surface area contributed by atoms with E-state index in [4.69, 9.17) is 5.73 Å². The molecule has 2 amide bonds. The third kappa shape index (κ3) is 3.36. The second-order valence-corrected chi connectivity index (χ2v) is 4.96. The molecule has 0 bridgehead atoms. The minimum atomic E-state index is -0.152. The third-order valence-electron chi connectivity index (χ3n) is 3.74. The fraction of sp³-hybridized carbons (Fsp3) is 0.833. The number of likely N-dealkylation sites (tertiary alicyclic amines) is 1. The Kier molecular flexibility index (Phi) is 5.88. The van der Waals surface area contributed by atoms with Crippen LogP contribution in [0, 0.1) is 5.92 Å². The molecule has 5 nitrogen and oxygen atoms in total. The van der Waals surface area contributed by atoms with Gasteiger partial charge in [0, 0.05) is 25.6 Å². The quantitative estimate of drug-likeness (QED) is 0.777. The Morgan fingerprint density at radius 1 is 1.44 bits per heavy atom. The first-order valence-corrected chi connectivity index (χ1v) is 6.49. The predicted octanol–water partition coefficient (Wildman–Crippen LogP) is 0.274. The molecule has 2 unspecified atom stereocenters. The average Bonchev–Trinajstić information content (AvgIpc) is 2.76. The first-order chi connectivity index (χ1) is 8.22. The van der Waals surface area contributed by atoms with Crippen LogP contribution in [0.5, 0.6) is 0 Å². The van der Waals surface area contributed by atoms with Crippen molar-refractivity contribution in [1.29, 1.82) is 0 Å². The number of halogens is 1. The molecule has 0 spiro atoms. The number of nitrogens with zero attached hydrogens (tertiary/aromatic N) is 1. The largest absolute Gasteiger partial charge is 0.355 e. The van der Waals surface area contributed by atoms with Crippen molar-refractivity contribution in [3.8, 4) is 0 Å². The minimum absolute atomic E-state index is 0. The van der Waals surface area contributed by atoms with E-state index in [-0.39, 0.29) is 36.2 Å². The second-order valence-electron chi connectivity index (χ2n) is 4.96. The Balaban J connectivity index is 0.00000162. The van der Waals surface area contributed by atoms with Gasteiger partial charge in [0.05, 0.1) is 5.92 Å². The monoisotopic (exact) mass is 275 g/mol. The van der Waals surface area contributed by atoms with Crippen molar-refractivity contribution in [3.63, 3.8) is 0 Å². The molecule has 2 heterocycles. The Bertz CT molecular complexity index is 310. The van der Waals surface area contributed by atoms with Gasteiger partial charge in [0.1, 0.15) is 0 Å². The lowest BCUT2D eigenvalue weighted by Crippen LogP contribution is -2.47. The van der Waals surface area contributed by atoms with E-state index >= 15 is 0 Å². The normalized spacial score (nSPS) is 27.6. The van der Waals surface area contributed by atoms with E-state index in [1.807, 2.05) is 4.90 Å². The molecule has 0 aromatic rings. The number of hydrogen-bond donors (Lipinski definition) is 2. The van der Waals surface area contributed by atoms with Crippen LogP contribution in [-0.4, -0.2) is 42.4 Å². The Labute approximate surface area is 114 Å². The van der Waals surface area contributed by atoms with Crippen molar-refractivity contribution in [2.45, 2.75) is 38.1 Å². The number of carbonyl (C=O) groups is 2. The molecule has 0 aromatic carbocycles. The van der Waals surface area contributed by atoms with Crippen LogP contribution in [0.2, 0.25) is 0 Å². The number of amides is 2. The number of nitrogens with two attached hydrogens (primary N) is 1. The van der Waals surface area contributed by atoms with E-state index < -0.39 is 0 Å². The summed E-state index contributed by atoms with van der Waals surface area (Å²) in [5, 5.41) is 2.73. The molecule has 2 aliphatic heterocycles. The molecule has 0 aliphatic carbocycles. The lowest BCUT2D eigenvalue weighted by Gasteiger charge is -2.37. The Morgan fingerprint density at radius 3 is 2.83 bits per heavy atom. The molecule has 18 heavy (non-hydrogen) atoms. The van der Waals surface area contributed by atoms with Gasteiger partial charge in [-0.3, -0.25) is 9.59 Å². The molecule has 6 heteroatoms. The summed E-state index contributed by atoms with van der Waals surface area (Å²) in [5.74, 6) is -0.0156. The topological polar surface area (TPSA) is 75.4 Å². The molecule has 2 atom stereocenters. The highest BCUT2D eigenvalue weighted by molar-refractivity contribution is 5.89. The molecule has 0 radical (unpaired) electrons. The SMILES string of the molecule is Cl.NCCC1CCCCN1C(=O)C1CNC(=O)C1. The minimum Gasteiger partial charge on any atom is -0.355 e. The van der Waals surface area contributed by atoms with E-state index in [1.54, 1.807) is 0 Å². The molecule has 2 aliphatic rings. The zero-order valence-corrected chi connectivity index (χ0v) is 11.4. The van der Waals surface area contributed by atoms with E-state index in [9.17, 15) is 9.59 Å². The summed E-state index contributed by atoms with van der Waals surface area (Å²) in [4.78, 5) is 25.4. The van der Waals surface area contributed by atoms with Gasteiger partial charge in [-0.05, 0) is 32.2 Å². The second kappa shape index (κ2) is 6.95. The third-order valence-corrected chi connectivity index (χ3v) is 3.74. The van der Waals surface area contributed by atoms with Crippen molar-refractivity contribution in [2.75, 3.05) is 19.6 Å². The van der Waals surface area contributed by atoms with Crippen molar-refractivity contribution in [2.24, 2.45) is 11.7 Å². The van der Waals surface area contributed by atoms with Crippen molar-refractivity contribution < 1.29 is 9.59 Å².